The highest BCUT2D eigenvalue weighted by Crippen LogP contribution is 2.43. The third-order valence-electron chi connectivity index (χ3n) is 14.5. The van der Waals surface area contributed by atoms with E-state index in [1.807, 2.05) is 21.1 Å². The fourth-order valence-electron chi connectivity index (χ4n) is 9.52. The minimum atomic E-state index is -4.39. The fraction of sp³-hybridized carbons (Fsp3) is 0.906. The van der Waals surface area contributed by atoms with Gasteiger partial charge in [0.2, 0.25) is 0 Å². The monoisotopic (exact) mass is 1070 g/mol. The van der Waals surface area contributed by atoms with Crippen molar-refractivity contribution in [3.8, 4) is 0 Å². The summed E-state index contributed by atoms with van der Waals surface area (Å²) in [6, 6.07) is 0. The fourth-order valence-corrected chi connectivity index (χ4v) is 10.3. The predicted molar refractivity (Wildman–Crippen MR) is 317 cm³/mol. The number of likely N-dealkylation sites (N-methyl/N-ethyl adjacent to an activating group) is 1. The third kappa shape index (κ3) is 59.7. The van der Waals surface area contributed by atoms with Gasteiger partial charge < -0.3 is 18.9 Å². The summed E-state index contributed by atoms with van der Waals surface area (Å²) in [4.78, 5) is 35.7. The second-order valence-corrected chi connectivity index (χ2v) is 24.6. The number of allylic oxidation sites excluding steroid dienone is 4. The van der Waals surface area contributed by atoms with Gasteiger partial charge in [0.25, 0.3) is 0 Å². The maximum atomic E-state index is 12.8. The van der Waals surface area contributed by atoms with Crippen molar-refractivity contribution < 1.29 is 42.1 Å². The topological polar surface area (TPSA) is 108 Å². The Kier molecular flexibility index (Phi) is 55.1. The van der Waals surface area contributed by atoms with Gasteiger partial charge in [-0.3, -0.25) is 18.6 Å². The molecule has 0 aliphatic heterocycles. The molecule has 0 aromatic rings. The number of nitrogens with zero attached hydrogens (tertiary/aromatic N) is 1. The first kappa shape index (κ1) is 72.5. The van der Waals surface area contributed by atoms with Crippen LogP contribution in [-0.4, -0.2) is 74.9 Å². The number of carbonyl (C=O) groups is 2. The van der Waals surface area contributed by atoms with Crippen molar-refractivity contribution in [2.45, 2.75) is 328 Å². The lowest BCUT2D eigenvalue weighted by Gasteiger charge is -2.24. The number of esters is 2. The maximum absolute atomic E-state index is 12.8. The molecule has 0 radical (unpaired) electrons. The van der Waals surface area contributed by atoms with Gasteiger partial charge in [-0.15, -0.1) is 0 Å². The molecular weight excluding hydrogens is 942 g/mol. The quantitative estimate of drug-likeness (QED) is 0.0211. The lowest BCUT2D eigenvalue weighted by atomic mass is 10.0. The lowest BCUT2D eigenvalue weighted by Crippen LogP contribution is -2.37. The molecule has 0 spiro atoms. The summed E-state index contributed by atoms with van der Waals surface area (Å²) in [6.45, 7) is 4.45. The van der Waals surface area contributed by atoms with E-state index >= 15 is 0 Å². The zero-order valence-corrected chi connectivity index (χ0v) is 50.8. The van der Waals surface area contributed by atoms with Crippen LogP contribution in [0.15, 0.2) is 24.3 Å². The number of phosphoric ester groups is 1. The Labute approximate surface area is 459 Å². The van der Waals surface area contributed by atoms with Gasteiger partial charge in [-0.05, 0) is 44.9 Å². The van der Waals surface area contributed by atoms with Crippen LogP contribution in [0.4, 0.5) is 0 Å². The normalized spacial score (nSPS) is 13.3. The van der Waals surface area contributed by atoms with Gasteiger partial charge in [0.15, 0.2) is 6.10 Å². The standard InChI is InChI=1S/C64H124NO8P/c1-6-8-10-12-14-16-18-20-22-24-25-26-27-28-29-30-31-32-33-34-35-36-37-38-39-40-41-43-44-46-48-50-52-54-56-63(66)70-60-62(61-72-74(68,69)71-59-58-65(3,4)5)73-64(67)57-55-53-51-49-47-45-42-23-21-19-17-15-13-11-9-7-2/h17,19,23,42,62H,6-16,18,20-22,24-41,43-61H2,1-5H3/p+1/b19-17-,42-23-. The molecular formula is C64H125NO8P+. The number of hydrogen-bond donors (Lipinski definition) is 1. The van der Waals surface area contributed by atoms with Gasteiger partial charge in [-0.1, -0.05) is 289 Å². The number of quaternary nitrogens is 1. The van der Waals surface area contributed by atoms with Crippen molar-refractivity contribution in [1.82, 2.24) is 0 Å². The predicted octanol–water partition coefficient (Wildman–Crippen LogP) is 20.2. The smallest absolute Gasteiger partial charge is 0.462 e. The average molecular weight is 1070 g/mol. The molecule has 0 bridgehead atoms. The third-order valence-corrected chi connectivity index (χ3v) is 15.5. The van der Waals surface area contributed by atoms with E-state index in [-0.39, 0.29) is 25.6 Å². The second-order valence-electron chi connectivity index (χ2n) is 23.2. The summed E-state index contributed by atoms with van der Waals surface area (Å²) < 4.78 is 34.6. The van der Waals surface area contributed by atoms with Gasteiger partial charge in [-0.25, -0.2) is 4.57 Å². The highest BCUT2D eigenvalue weighted by molar-refractivity contribution is 7.47. The lowest BCUT2D eigenvalue weighted by molar-refractivity contribution is -0.870. The molecule has 2 atom stereocenters. The first-order valence-electron chi connectivity index (χ1n) is 32.1. The van der Waals surface area contributed by atoms with E-state index in [0.717, 1.165) is 57.8 Å². The molecule has 0 amide bonds. The Morgan fingerprint density at radius 2 is 0.730 bits per heavy atom. The van der Waals surface area contributed by atoms with Crippen LogP contribution in [0.5, 0.6) is 0 Å². The van der Waals surface area contributed by atoms with Crippen molar-refractivity contribution >= 4 is 19.8 Å². The summed E-state index contributed by atoms with van der Waals surface area (Å²) in [6.07, 6.45) is 68.6. The summed E-state index contributed by atoms with van der Waals surface area (Å²) in [5.41, 5.74) is 0. The molecule has 0 aromatic heterocycles. The molecule has 0 saturated heterocycles. The molecule has 0 heterocycles. The Balaban J connectivity index is 3.94. The summed E-state index contributed by atoms with van der Waals surface area (Å²) in [5, 5.41) is 0. The molecule has 0 rings (SSSR count). The van der Waals surface area contributed by atoms with E-state index in [0.29, 0.717) is 23.9 Å². The molecule has 438 valence electrons. The van der Waals surface area contributed by atoms with Crippen molar-refractivity contribution in [2.75, 3.05) is 47.5 Å². The van der Waals surface area contributed by atoms with E-state index in [2.05, 4.69) is 38.2 Å². The molecule has 0 aromatic carbocycles. The maximum Gasteiger partial charge on any atom is 0.472 e. The number of carbonyl (C=O) groups excluding carboxylic acids is 2. The molecule has 74 heavy (non-hydrogen) atoms. The summed E-state index contributed by atoms with van der Waals surface area (Å²) in [7, 11) is 1.48. The number of ether oxygens (including phenoxy) is 2. The van der Waals surface area contributed by atoms with Gasteiger partial charge in [0, 0.05) is 12.8 Å². The first-order valence-corrected chi connectivity index (χ1v) is 33.6. The van der Waals surface area contributed by atoms with Crippen LogP contribution in [0.3, 0.4) is 0 Å². The molecule has 0 aliphatic rings. The van der Waals surface area contributed by atoms with Crippen LogP contribution in [-0.2, 0) is 32.7 Å². The Morgan fingerprint density at radius 1 is 0.419 bits per heavy atom. The van der Waals surface area contributed by atoms with Crippen molar-refractivity contribution in [1.29, 1.82) is 0 Å². The highest BCUT2D eigenvalue weighted by Gasteiger charge is 2.27. The van der Waals surface area contributed by atoms with Gasteiger partial charge in [0.05, 0.1) is 27.7 Å². The molecule has 0 aliphatic carbocycles. The zero-order valence-electron chi connectivity index (χ0n) is 49.9. The highest BCUT2D eigenvalue weighted by atomic mass is 31.2. The zero-order chi connectivity index (χ0) is 54.2. The Morgan fingerprint density at radius 3 is 1.08 bits per heavy atom. The molecule has 2 unspecified atom stereocenters. The van der Waals surface area contributed by atoms with E-state index in [1.54, 1.807) is 0 Å². The first-order chi connectivity index (χ1) is 36.0. The molecule has 0 saturated carbocycles. The van der Waals surface area contributed by atoms with Crippen LogP contribution in [0.25, 0.3) is 0 Å². The van der Waals surface area contributed by atoms with Crippen molar-refractivity contribution in [3.63, 3.8) is 0 Å². The number of phosphoric acid groups is 1. The van der Waals surface area contributed by atoms with Gasteiger partial charge in [-0.2, -0.15) is 0 Å². The Bertz CT molecular complexity index is 1300. The number of unbranched alkanes of at least 4 members (excludes halogenated alkanes) is 42. The van der Waals surface area contributed by atoms with E-state index in [1.165, 1.54) is 231 Å². The van der Waals surface area contributed by atoms with Gasteiger partial charge in [0.1, 0.15) is 19.8 Å². The molecule has 1 N–H and O–H groups in total. The van der Waals surface area contributed by atoms with Crippen LogP contribution in [0.1, 0.15) is 322 Å². The minimum absolute atomic E-state index is 0.0311. The molecule has 9 nitrogen and oxygen atoms in total. The number of rotatable bonds is 60. The molecule has 0 fully saturated rings. The van der Waals surface area contributed by atoms with E-state index in [4.69, 9.17) is 18.5 Å². The van der Waals surface area contributed by atoms with E-state index in [9.17, 15) is 19.0 Å². The number of hydrogen-bond acceptors (Lipinski definition) is 7. The largest absolute Gasteiger partial charge is 0.472 e. The van der Waals surface area contributed by atoms with E-state index < -0.39 is 26.5 Å². The van der Waals surface area contributed by atoms with Crippen LogP contribution in [0.2, 0.25) is 0 Å². The second kappa shape index (κ2) is 56.2. The molecule has 10 heteroatoms. The SMILES string of the molecule is CCCCCC/C=C\C/C=C\CCCCCCCC(=O)OC(COC(=O)CCCCCCCCCCCCCCCCCCCCCCCCCCCCCCCCCCCC)COP(=O)(O)OCC[N+](C)(C)C. The summed E-state index contributed by atoms with van der Waals surface area (Å²) >= 11 is 0. The van der Waals surface area contributed by atoms with Crippen LogP contribution < -0.4 is 0 Å². The summed E-state index contributed by atoms with van der Waals surface area (Å²) in [5.74, 6) is -0.797. The average Bonchev–Trinajstić information content (AvgIpc) is 3.36. The van der Waals surface area contributed by atoms with Crippen molar-refractivity contribution in [2.24, 2.45) is 0 Å². The minimum Gasteiger partial charge on any atom is -0.462 e. The Hall–Kier alpha value is -1.51. The van der Waals surface area contributed by atoms with Gasteiger partial charge >= 0.3 is 19.8 Å². The van der Waals surface area contributed by atoms with Crippen LogP contribution >= 0.6 is 7.82 Å². The van der Waals surface area contributed by atoms with Crippen LogP contribution in [0, 0.1) is 0 Å². The van der Waals surface area contributed by atoms with Crippen molar-refractivity contribution in [3.05, 3.63) is 24.3 Å².